The average molecular weight is 349 g/mol. The molecule has 2 rings (SSSR count). The Hall–Kier alpha value is -1.90. The molecule has 1 aliphatic heterocycles. The zero-order chi connectivity index (χ0) is 16.8. The summed E-state index contributed by atoms with van der Waals surface area (Å²) in [6.45, 7) is 6.30. The van der Waals surface area contributed by atoms with E-state index in [1.54, 1.807) is 11.8 Å². The van der Waals surface area contributed by atoms with Crippen LogP contribution in [-0.2, 0) is 9.53 Å². The normalized spacial score (nSPS) is 14.9. The number of esters is 1. The van der Waals surface area contributed by atoms with E-state index >= 15 is 0 Å². The molecule has 1 heterocycles. The molecular formula is C17H17ClN2O2S. The molecule has 0 amide bonds. The Morgan fingerprint density at radius 2 is 2.30 bits per heavy atom. The molecule has 1 aromatic carbocycles. The van der Waals surface area contributed by atoms with Crippen molar-refractivity contribution in [3.63, 3.8) is 0 Å². The maximum atomic E-state index is 11.0. The SMILES string of the molecule is C=CC(=O)OCCCCN1/C(=C(/C)C#N)Sc2cc(Cl)ccc21. The quantitative estimate of drug-likeness (QED) is 0.327. The van der Waals surface area contributed by atoms with Crippen LogP contribution in [0.3, 0.4) is 0 Å². The summed E-state index contributed by atoms with van der Waals surface area (Å²) >= 11 is 7.62. The molecule has 0 N–H and O–H groups in total. The maximum absolute atomic E-state index is 11.0. The van der Waals surface area contributed by atoms with Gasteiger partial charge in [-0.2, -0.15) is 5.26 Å². The first-order chi connectivity index (χ1) is 11.1. The summed E-state index contributed by atoms with van der Waals surface area (Å²) in [5, 5.41) is 10.8. The Kier molecular flexibility index (Phi) is 6.14. The number of nitriles is 1. The summed E-state index contributed by atoms with van der Waals surface area (Å²) in [7, 11) is 0. The summed E-state index contributed by atoms with van der Waals surface area (Å²) in [5.41, 5.74) is 1.74. The number of allylic oxidation sites excluding steroid dienone is 1. The number of rotatable bonds is 6. The Morgan fingerprint density at radius 1 is 1.52 bits per heavy atom. The minimum absolute atomic E-state index is 0.371. The molecule has 1 aliphatic rings. The second kappa shape index (κ2) is 8.09. The first-order valence-electron chi connectivity index (χ1n) is 7.22. The fourth-order valence-electron chi connectivity index (χ4n) is 2.21. The number of hydrogen-bond acceptors (Lipinski definition) is 5. The van der Waals surface area contributed by atoms with Crippen LogP contribution in [0.1, 0.15) is 19.8 Å². The van der Waals surface area contributed by atoms with Gasteiger partial charge in [-0.3, -0.25) is 0 Å². The fourth-order valence-corrected chi connectivity index (χ4v) is 3.63. The van der Waals surface area contributed by atoms with Gasteiger partial charge >= 0.3 is 5.97 Å². The van der Waals surface area contributed by atoms with Crippen molar-refractivity contribution in [3.8, 4) is 6.07 Å². The largest absolute Gasteiger partial charge is 0.463 e. The van der Waals surface area contributed by atoms with E-state index in [2.05, 4.69) is 17.5 Å². The van der Waals surface area contributed by atoms with Crippen molar-refractivity contribution in [3.05, 3.63) is 46.5 Å². The molecule has 0 radical (unpaired) electrons. The zero-order valence-electron chi connectivity index (χ0n) is 12.8. The molecule has 4 nitrogen and oxygen atoms in total. The Labute approximate surface area is 145 Å². The van der Waals surface area contributed by atoms with E-state index < -0.39 is 5.97 Å². The maximum Gasteiger partial charge on any atom is 0.330 e. The van der Waals surface area contributed by atoms with Gasteiger partial charge in [0.15, 0.2) is 0 Å². The van der Waals surface area contributed by atoms with Gasteiger partial charge in [-0.15, -0.1) is 0 Å². The van der Waals surface area contributed by atoms with Crippen LogP contribution >= 0.6 is 23.4 Å². The number of unbranched alkanes of at least 4 members (excludes halogenated alkanes) is 1. The predicted molar refractivity (Wildman–Crippen MR) is 93.4 cm³/mol. The van der Waals surface area contributed by atoms with Gasteiger partial charge < -0.3 is 9.64 Å². The van der Waals surface area contributed by atoms with E-state index in [4.69, 9.17) is 16.3 Å². The monoisotopic (exact) mass is 348 g/mol. The number of benzene rings is 1. The van der Waals surface area contributed by atoms with Crippen LogP contribution in [0.15, 0.2) is 46.4 Å². The van der Waals surface area contributed by atoms with Crippen molar-refractivity contribution in [1.82, 2.24) is 0 Å². The molecule has 0 saturated heterocycles. The Balaban J connectivity index is 2.04. The number of halogens is 1. The van der Waals surface area contributed by atoms with E-state index in [0.717, 1.165) is 41.1 Å². The van der Waals surface area contributed by atoms with Crippen LogP contribution in [0.2, 0.25) is 5.02 Å². The van der Waals surface area contributed by atoms with Crippen molar-refractivity contribution < 1.29 is 9.53 Å². The molecular weight excluding hydrogens is 332 g/mol. The van der Waals surface area contributed by atoms with Crippen molar-refractivity contribution in [2.75, 3.05) is 18.1 Å². The van der Waals surface area contributed by atoms with Gasteiger partial charge in [0.2, 0.25) is 0 Å². The number of hydrogen-bond donors (Lipinski definition) is 0. The van der Waals surface area contributed by atoms with E-state index in [1.165, 1.54) is 0 Å². The summed E-state index contributed by atoms with van der Waals surface area (Å²) in [6, 6.07) is 7.95. The minimum Gasteiger partial charge on any atom is -0.463 e. The molecule has 0 aliphatic carbocycles. The standard InChI is InChI=1S/C17H17ClN2O2S/c1-3-16(21)22-9-5-4-8-20-14-7-6-13(18)10-15(14)23-17(20)12(2)11-19/h3,6-7,10H,1,4-5,8-9H2,2H3/b17-12+. The van der Waals surface area contributed by atoms with Gasteiger partial charge in [-0.25, -0.2) is 4.79 Å². The second-order valence-electron chi connectivity index (χ2n) is 4.99. The van der Waals surface area contributed by atoms with Gasteiger partial charge in [0.25, 0.3) is 0 Å². The number of nitrogens with zero attached hydrogens (tertiary/aromatic N) is 2. The molecule has 0 aromatic heterocycles. The lowest BCUT2D eigenvalue weighted by Gasteiger charge is -2.21. The van der Waals surface area contributed by atoms with Crippen LogP contribution < -0.4 is 4.90 Å². The van der Waals surface area contributed by atoms with Crippen LogP contribution in [0.4, 0.5) is 5.69 Å². The van der Waals surface area contributed by atoms with Crippen molar-refractivity contribution >= 4 is 35.0 Å². The summed E-state index contributed by atoms with van der Waals surface area (Å²) < 4.78 is 4.97. The van der Waals surface area contributed by atoms with Crippen LogP contribution in [0, 0.1) is 11.3 Å². The molecule has 6 heteroatoms. The molecule has 23 heavy (non-hydrogen) atoms. The van der Waals surface area contributed by atoms with Crippen molar-refractivity contribution in [2.45, 2.75) is 24.7 Å². The van der Waals surface area contributed by atoms with Gasteiger partial charge in [0, 0.05) is 22.5 Å². The van der Waals surface area contributed by atoms with Gasteiger partial charge in [0.05, 0.1) is 29.0 Å². The first kappa shape index (κ1) is 17.5. The fraction of sp³-hybridized carbons (Fsp3) is 0.294. The molecule has 0 bridgehead atoms. The molecule has 0 atom stereocenters. The van der Waals surface area contributed by atoms with Crippen LogP contribution in [-0.4, -0.2) is 19.1 Å². The van der Waals surface area contributed by atoms with E-state index in [-0.39, 0.29) is 0 Å². The first-order valence-corrected chi connectivity index (χ1v) is 8.41. The average Bonchev–Trinajstić information content (AvgIpc) is 2.91. The predicted octanol–water partition coefficient (Wildman–Crippen LogP) is 4.52. The van der Waals surface area contributed by atoms with E-state index in [0.29, 0.717) is 17.2 Å². The topological polar surface area (TPSA) is 53.3 Å². The number of ether oxygens (including phenoxy) is 1. The van der Waals surface area contributed by atoms with Gasteiger partial charge in [-0.1, -0.05) is 29.9 Å². The van der Waals surface area contributed by atoms with Crippen molar-refractivity contribution in [2.24, 2.45) is 0 Å². The molecule has 0 fully saturated rings. The number of carbonyl (C=O) groups excluding carboxylic acids is 1. The molecule has 120 valence electrons. The van der Waals surface area contributed by atoms with Crippen LogP contribution in [0.25, 0.3) is 0 Å². The molecule has 0 spiro atoms. The van der Waals surface area contributed by atoms with Crippen molar-refractivity contribution in [1.29, 1.82) is 5.26 Å². The molecule has 0 unspecified atom stereocenters. The van der Waals surface area contributed by atoms with Gasteiger partial charge in [0.1, 0.15) is 0 Å². The number of fused-ring (bicyclic) bond motifs is 1. The summed E-state index contributed by atoms with van der Waals surface area (Å²) in [6.07, 6.45) is 2.76. The van der Waals surface area contributed by atoms with E-state index in [9.17, 15) is 10.1 Å². The van der Waals surface area contributed by atoms with Gasteiger partial charge in [-0.05, 0) is 38.0 Å². The lowest BCUT2D eigenvalue weighted by molar-refractivity contribution is -0.137. The lowest BCUT2D eigenvalue weighted by atomic mass is 10.2. The van der Waals surface area contributed by atoms with E-state index in [1.807, 2.05) is 25.1 Å². The summed E-state index contributed by atoms with van der Waals surface area (Å²) in [4.78, 5) is 14.2. The molecule has 0 saturated carbocycles. The lowest BCUT2D eigenvalue weighted by Crippen LogP contribution is -2.20. The Morgan fingerprint density at radius 3 is 3.00 bits per heavy atom. The Bertz CT molecular complexity index is 694. The highest BCUT2D eigenvalue weighted by atomic mass is 35.5. The number of thioether (sulfide) groups is 1. The smallest absolute Gasteiger partial charge is 0.330 e. The highest BCUT2D eigenvalue weighted by Crippen LogP contribution is 2.48. The third-order valence-corrected chi connectivity index (χ3v) is 4.84. The van der Waals surface area contributed by atoms with Crippen LogP contribution in [0.5, 0.6) is 0 Å². The third-order valence-electron chi connectivity index (χ3n) is 3.34. The highest BCUT2D eigenvalue weighted by molar-refractivity contribution is 8.03. The summed E-state index contributed by atoms with van der Waals surface area (Å²) in [5.74, 6) is -0.400. The highest BCUT2D eigenvalue weighted by Gasteiger charge is 2.26. The third kappa shape index (κ3) is 4.31. The second-order valence-corrected chi connectivity index (χ2v) is 6.45. The number of anilines is 1. The molecule has 1 aromatic rings. The number of carbonyl (C=O) groups is 1. The zero-order valence-corrected chi connectivity index (χ0v) is 14.4. The minimum atomic E-state index is -0.400.